The second kappa shape index (κ2) is 10.5. The van der Waals surface area contributed by atoms with E-state index < -0.39 is 10.0 Å². The minimum Gasteiger partial charge on any atom is -0.489 e. The molecule has 2 heterocycles. The van der Waals surface area contributed by atoms with Crippen LogP contribution in [0.5, 0.6) is 11.5 Å². The van der Waals surface area contributed by atoms with Crippen molar-refractivity contribution in [1.82, 2.24) is 14.5 Å². The Kier molecular flexibility index (Phi) is 7.40. The highest BCUT2D eigenvalue weighted by Gasteiger charge is 2.14. The maximum atomic E-state index is 11.4. The molecule has 0 amide bonds. The number of sulfonamides is 1. The van der Waals surface area contributed by atoms with Gasteiger partial charge in [0.15, 0.2) is 5.75 Å². The van der Waals surface area contributed by atoms with Crippen molar-refractivity contribution in [3.63, 3.8) is 0 Å². The molecule has 2 aromatic carbocycles. The molecule has 0 fully saturated rings. The van der Waals surface area contributed by atoms with Gasteiger partial charge in [-0.3, -0.25) is 4.72 Å². The molecule has 0 atom stereocenters. The largest absolute Gasteiger partial charge is 0.489 e. The Labute approximate surface area is 217 Å². The van der Waals surface area contributed by atoms with Crippen LogP contribution in [-0.2, 0) is 16.6 Å². The number of hydrogen-bond acceptors (Lipinski definition) is 8. The van der Waals surface area contributed by atoms with Gasteiger partial charge in [-0.2, -0.15) is 10.2 Å². The number of rotatable bonds is 9. The first-order valence-electron chi connectivity index (χ1n) is 10.4. The molecular formula is C23H20Cl2N6O4S. The van der Waals surface area contributed by atoms with Crippen LogP contribution in [0.3, 0.4) is 0 Å². The van der Waals surface area contributed by atoms with Crippen LogP contribution in [0.15, 0.2) is 48.7 Å². The average molecular weight is 547 g/mol. The van der Waals surface area contributed by atoms with Crippen LogP contribution in [-0.4, -0.2) is 41.7 Å². The number of aromatic nitrogens is 3. The molecule has 0 bridgehead atoms. The fraction of sp³-hybridized carbons (Fsp3) is 0.174. The molecule has 0 saturated heterocycles. The second-order valence-corrected chi connectivity index (χ2v) is 10.2. The van der Waals surface area contributed by atoms with Gasteiger partial charge in [0.25, 0.3) is 0 Å². The molecule has 0 unspecified atom stereocenters. The van der Waals surface area contributed by atoms with E-state index in [0.717, 1.165) is 17.2 Å². The van der Waals surface area contributed by atoms with Gasteiger partial charge in [-0.1, -0.05) is 11.6 Å². The van der Waals surface area contributed by atoms with Crippen LogP contribution in [0.1, 0.15) is 11.3 Å². The van der Waals surface area contributed by atoms with Gasteiger partial charge in [0.05, 0.1) is 33.9 Å². The monoisotopic (exact) mass is 546 g/mol. The molecule has 4 aromatic rings. The third-order valence-corrected chi connectivity index (χ3v) is 5.86. The summed E-state index contributed by atoms with van der Waals surface area (Å²) in [5.74, 6) is 1.13. The quantitative estimate of drug-likeness (QED) is 0.298. The van der Waals surface area contributed by atoms with Crippen molar-refractivity contribution < 1.29 is 17.9 Å². The Morgan fingerprint density at radius 2 is 1.97 bits per heavy atom. The number of nitriles is 1. The molecule has 3 N–H and O–H groups in total. The molecule has 36 heavy (non-hydrogen) atoms. The van der Waals surface area contributed by atoms with Crippen molar-refractivity contribution in [3.05, 3.63) is 64.9 Å². The van der Waals surface area contributed by atoms with Gasteiger partial charge in [-0.15, -0.1) is 11.6 Å². The summed E-state index contributed by atoms with van der Waals surface area (Å²) in [5.41, 5.74) is 8.02. The van der Waals surface area contributed by atoms with Crippen LogP contribution < -0.4 is 19.9 Å². The highest BCUT2D eigenvalue weighted by Crippen LogP contribution is 2.33. The predicted molar refractivity (Wildman–Crippen MR) is 138 cm³/mol. The Balaban J connectivity index is 1.57. The molecule has 10 nitrogen and oxygen atoms in total. The molecule has 186 valence electrons. The van der Waals surface area contributed by atoms with Gasteiger partial charge in [-0.25, -0.2) is 13.4 Å². The lowest BCUT2D eigenvalue weighted by Crippen LogP contribution is -2.14. The molecule has 0 aliphatic carbocycles. The molecule has 2 aromatic heterocycles. The molecule has 0 saturated carbocycles. The normalized spacial score (nSPS) is 11.3. The lowest BCUT2D eigenvalue weighted by molar-refractivity contribution is 0.302. The van der Waals surface area contributed by atoms with E-state index in [2.05, 4.69) is 20.8 Å². The average Bonchev–Trinajstić information content (AvgIpc) is 3.23. The summed E-state index contributed by atoms with van der Waals surface area (Å²) < 4.78 is 38.3. The molecule has 0 radical (unpaired) electrons. The van der Waals surface area contributed by atoms with Gasteiger partial charge in [0.1, 0.15) is 30.9 Å². The van der Waals surface area contributed by atoms with Crippen LogP contribution in [0.2, 0.25) is 5.02 Å². The van der Waals surface area contributed by atoms with E-state index in [-0.39, 0.29) is 30.9 Å². The fourth-order valence-electron chi connectivity index (χ4n) is 3.49. The number of nitrogen functional groups attached to an aromatic ring is 1. The minimum absolute atomic E-state index is 0.0439. The van der Waals surface area contributed by atoms with E-state index >= 15 is 0 Å². The van der Waals surface area contributed by atoms with E-state index in [1.165, 1.54) is 6.07 Å². The maximum Gasteiger partial charge on any atom is 0.238 e. The number of ether oxygens (including phenoxy) is 2. The lowest BCUT2D eigenvalue weighted by atomic mass is 10.2. The van der Waals surface area contributed by atoms with Crippen molar-refractivity contribution in [3.8, 4) is 23.3 Å². The first-order chi connectivity index (χ1) is 17.2. The zero-order chi connectivity index (χ0) is 25.9. The summed E-state index contributed by atoms with van der Waals surface area (Å²) >= 11 is 12.1. The smallest absolute Gasteiger partial charge is 0.238 e. The number of hydrogen-bond donors (Lipinski definition) is 2. The first kappa shape index (κ1) is 25.4. The van der Waals surface area contributed by atoms with Crippen LogP contribution in [0, 0.1) is 11.3 Å². The second-order valence-electron chi connectivity index (χ2n) is 7.63. The predicted octanol–water partition coefficient (Wildman–Crippen LogP) is 4.10. The SMILES string of the molecule is CS(=O)(=O)Nc1nc(N)cc(COc2ccc3c(ccn3-c3cc(Cl)c(OCCCl)c(C#N)c3)c2)n1. The van der Waals surface area contributed by atoms with Gasteiger partial charge in [0, 0.05) is 23.3 Å². The first-order valence-corrected chi connectivity index (χ1v) is 13.2. The van der Waals surface area contributed by atoms with Crippen molar-refractivity contribution >= 4 is 55.9 Å². The number of halogens is 2. The highest BCUT2D eigenvalue weighted by atomic mass is 35.5. The Bertz CT molecular complexity index is 1580. The molecule has 0 spiro atoms. The van der Waals surface area contributed by atoms with Crippen LogP contribution >= 0.6 is 23.2 Å². The van der Waals surface area contributed by atoms with Crippen molar-refractivity contribution in [2.24, 2.45) is 0 Å². The molecular weight excluding hydrogens is 527 g/mol. The summed E-state index contributed by atoms with van der Waals surface area (Å²) in [4.78, 5) is 7.98. The van der Waals surface area contributed by atoms with Crippen LogP contribution in [0.4, 0.5) is 11.8 Å². The summed E-state index contributed by atoms with van der Waals surface area (Å²) in [6, 6.07) is 14.4. The van der Waals surface area contributed by atoms with E-state index in [4.69, 9.17) is 38.4 Å². The topological polar surface area (TPSA) is 145 Å². The molecule has 0 aliphatic heterocycles. The van der Waals surface area contributed by atoms with Gasteiger partial charge < -0.3 is 19.8 Å². The van der Waals surface area contributed by atoms with E-state index in [1.807, 2.05) is 29.0 Å². The van der Waals surface area contributed by atoms with Crippen molar-refractivity contribution in [1.29, 1.82) is 5.26 Å². The highest BCUT2D eigenvalue weighted by molar-refractivity contribution is 7.91. The van der Waals surface area contributed by atoms with Crippen molar-refractivity contribution in [2.75, 3.05) is 29.2 Å². The molecule has 13 heteroatoms. The summed E-state index contributed by atoms with van der Waals surface area (Å²) in [5, 5.41) is 10.7. The third kappa shape index (κ3) is 5.91. The standard InChI is InChI=1S/C23H20Cl2N6O4S/c1-36(32,33)30-23-28-16(10-21(27)29-23)13-35-18-2-3-20-14(9-18)4-6-31(20)17-8-15(12-26)22(19(25)11-17)34-7-5-24/h2-4,6,8-11H,5,7,13H2,1H3,(H3,27,28,29,30). The number of nitrogens with zero attached hydrogens (tertiary/aromatic N) is 4. The number of anilines is 2. The van der Waals surface area contributed by atoms with E-state index in [1.54, 1.807) is 18.2 Å². The Morgan fingerprint density at radius 1 is 1.17 bits per heavy atom. The molecule has 0 aliphatic rings. The zero-order valence-corrected chi connectivity index (χ0v) is 21.2. The van der Waals surface area contributed by atoms with Crippen molar-refractivity contribution in [2.45, 2.75) is 6.61 Å². The number of alkyl halides is 1. The minimum atomic E-state index is -3.55. The van der Waals surface area contributed by atoms with Gasteiger partial charge in [-0.05, 0) is 36.4 Å². The Hall–Kier alpha value is -3.72. The zero-order valence-electron chi connectivity index (χ0n) is 18.9. The van der Waals surface area contributed by atoms with Gasteiger partial charge in [0.2, 0.25) is 16.0 Å². The number of benzene rings is 2. The van der Waals surface area contributed by atoms with Crippen LogP contribution in [0.25, 0.3) is 16.6 Å². The Morgan fingerprint density at radius 3 is 2.69 bits per heavy atom. The number of fused-ring (bicyclic) bond motifs is 1. The number of nitrogens with two attached hydrogens (primary N) is 1. The molecule has 4 rings (SSSR count). The van der Waals surface area contributed by atoms with Gasteiger partial charge >= 0.3 is 0 Å². The van der Waals surface area contributed by atoms with E-state index in [9.17, 15) is 13.7 Å². The summed E-state index contributed by atoms with van der Waals surface area (Å²) in [7, 11) is -3.55. The third-order valence-electron chi connectivity index (χ3n) is 4.87. The fourth-order valence-corrected chi connectivity index (χ4v) is 4.25. The lowest BCUT2D eigenvalue weighted by Gasteiger charge is -2.13. The summed E-state index contributed by atoms with van der Waals surface area (Å²) in [6.07, 6.45) is 2.85. The maximum absolute atomic E-state index is 11.4. The number of nitrogens with one attached hydrogen (secondary N) is 1. The summed E-state index contributed by atoms with van der Waals surface area (Å²) in [6.45, 7) is 0.282. The van der Waals surface area contributed by atoms with E-state index in [0.29, 0.717) is 33.5 Å².